The Morgan fingerprint density at radius 2 is 1.67 bits per heavy atom. The number of phenols is 1. The molecule has 2 aromatic carbocycles. The molecule has 0 aromatic heterocycles. The van der Waals surface area contributed by atoms with E-state index in [1.807, 2.05) is 30.3 Å². The van der Waals surface area contributed by atoms with Gasteiger partial charge in [0.05, 0.1) is 18.1 Å². The fourth-order valence-corrected chi connectivity index (χ4v) is 5.71. The third-order valence-corrected chi connectivity index (χ3v) is 7.08. The minimum Gasteiger partial charge on any atom is -0.507 e. The van der Waals surface area contributed by atoms with E-state index in [0.29, 0.717) is 5.56 Å². The van der Waals surface area contributed by atoms with Crippen molar-refractivity contribution in [1.82, 2.24) is 5.01 Å². The average Bonchev–Trinajstić information content (AvgIpc) is 3.28. The van der Waals surface area contributed by atoms with Crippen LogP contribution in [0.1, 0.15) is 18.4 Å². The lowest BCUT2D eigenvalue weighted by Crippen LogP contribution is -2.30. The Bertz CT molecular complexity index is 1050. The van der Waals surface area contributed by atoms with Crippen LogP contribution in [0, 0.1) is 29.1 Å². The van der Waals surface area contributed by atoms with Gasteiger partial charge in [0.25, 0.3) is 11.8 Å². The van der Waals surface area contributed by atoms with Crippen molar-refractivity contribution in [2.75, 3.05) is 0 Å². The average molecular weight is 358 g/mol. The number of fused-ring (bicyclic) bond motifs is 4. The monoisotopic (exact) mass is 358 g/mol. The van der Waals surface area contributed by atoms with Crippen LogP contribution in [0.4, 0.5) is 0 Å². The molecule has 2 aromatic rings. The molecule has 2 amide bonds. The van der Waals surface area contributed by atoms with Crippen molar-refractivity contribution in [1.29, 1.82) is 0 Å². The Morgan fingerprint density at radius 3 is 2.33 bits per heavy atom. The van der Waals surface area contributed by atoms with Gasteiger partial charge in [-0.3, -0.25) is 9.59 Å². The molecule has 5 heteroatoms. The van der Waals surface area contributed by atoms with Crippen molar-refractivity contribution in [2.45, 2.75) is 12.8 Å². The first-order chi connectivity index (χ1) is 13.1. The zero-order chi connectivity index (χ0) is 18.3. The Morgan fingerprint density at radius 1 is 1.00 bits per heavy atom. The zero-order valence-electron chi connectivity index (χ0n) is 14.6. The van der Waals surface area contributed by atoms with E-state index < -0.39 is 0 Å². The number of phenolic OH excluding ortho intramolecular Hbond substituents is 1. The van der Waals surface area contributed by atoms with Crippen LogP contribution in [-0.4, -0.2) is 28.1 Å². The summed E-state index contributed by atoms with van der Waals surface area (Å²) in [5, 5.41) is 17.3. The molecule has 1 saturated heterocycles. The number of hydrazone groups is 1. The predicted octanol–water partition coefficient (Wildman–Crippen LogP) is 3.08. The molecule has 3 aliphatic carbocycles. The fourth-order valence-electron chi connectivity index (χ4n) is 5.71. The molecule has 1 N–H and O–H groups in total. The van der Waals surface area contributed by atoms with Crippen molar-refractivity contribution in [3.05, 3.63) is 54.1 Å². The van der Waals surface area contributed by atoms with E-state index in [0.717, 1.165) is 28.6 Å². The molecule has 6 rings (SSSR count). The standard InChI is InChI=1S/C22H18N2O3/c25-17-8-5-12-3-1-2-4-13(12)14(17)11-23-24-20(26)18-15-6-7-16(19(18)21(24)27)22(15)9-10-22/h1-8,11,15-16,18-19,25H,9-10H2/b23-11-/t15-,16+,18-,19-/m0/s1. The number of carbonyl (C=O) groups excluding carboxylic acids is 2. The molecule has 134 valence electrons. The number of nitrogens with zero attached hydrogens (tertiary/aromatic N) is 2. The summed E-state index contributed by atoms with van der Waals surface area (Å²) in [7, 11) is 0. The maximum absolute atomic E-state index is 13.0. The van der Waals surface area contributed by atoms with Crippen LogP contribution in [0.25, 0.3) is 10.8 Å². The molecule has 3 fully saturated rings. The summed E-state index contributed by atoms with van der Waals surface area (Å²) >= 11 is 0. The number of amides is 2. The molecule has 27 heavy (non-hydrogen) atoms. The van der Waals surface area contributed by atoms with Gasteiger partial charge in [-0.05, 0) is 46.9 Å². The lowest BCUT2D eigenvalue weighted by Gasteiger charge is -2.18. The molecule has 2 saturated carbocycles. The Balaban J connectivity index is 1.37. The van der Waals surface area contributed by atoms with Crippen molar-refractivity contribution in [3.63, 3.8) is 0 Å². The van der Waals surface area contributed by atoms with E-state index in [-0.39, 0.29) is 46.7 Å². The molecule has 1 aliphatic heterocycles. The van der Waals surface area contributed by atoms with E-state index in [2.05, 4.69) is 17.3 Å². The number of aromatic hydroxyl groups is 1. The summed E-state index contributed by atoms with van der Waals surface area (Å²) in [6, 6.07) is 11.1. The fraction of sp³-hybridized carbons (Fsp3) is 0.318. The van der Waals surface area contributed by atoms with Gasteiger partial charge < -0.3 is 5.11 Å². The molecule has 4 atom stereocenters. The molecular formula is C22H18N2O3. The first-order valence-electron chi connectivity index (χ1n) is 9.43. The lowest BCUT2D eigenvalue weighted by atomic mass is 9.85. The number of rotatable bonds is 2. The number of carbonyl (C=O) groups is 2. The van der Waals surface area contributed by atoms with Gasteiger partial charge in [0.15, 0.2) is 0 Å². The Hall–Kier alpha value is -2.95. The number of hydrogen-bond donors (Lipinski definition) is 1. The molecular weight excluding hydrogens is 340 g/mol. The van der Waals surface area contributed by atoms with Crippen molar-refractivity contribution in [2.24, 2.45) is 34.2 Å². The molecule has 4 aliphatic rings. The van der Waals surface area contributed by atoms with Crippen molar-refractivity contribution >= 4 is 28.8 Å². The molecule has 1 spiro atoms. The van der Waals surface area contributed by atoms with Gasteiger partial charge in [-0.1, -0.05) is 42.5 Å². The van der Waals surface area contributed by atoms with Crippen molar-refractivity contribution < 1.29 is 14.7 Å². The highest BCUT2D eigenvalue weighted by atomic mass is 16.3. The zero-order valence-corrected chi connectivity index (χ0v) is 14.6. The van der Waals surface area contributed by atoms with E-state index in [1.54, 1.807) is 6.07 Å². The second-order valence-electron chi connectivity index (χ2n) is 8.17. The first kappa shape index (κ1) is 15.1. The largest absolute Gasteiger partial charge is 0.507 e. The predicted molar refractivity (Wildman–Crippen MR) is 99.8 cm³/mol. The van der Waals surface area contributed by atoms with Crippen LogP contribution >= 0.6 is 0 Å². The van der Waals surface area contributed by atoms with Gasteiger partial charge in [0.2, 0.25) is 0 Å². The van der Waals surface area contributed by atoms with Gasteiger partial charge in [0.1, 0.15) is 5.75 Å². The summed E-state index contributed by atoms with van der Waals surface area (Å²) in [4.78, 5) is 25.9. The minimum absolute atomic E-state index is 0.0791. The van der Waals surface area contributed by atoms with Gasteiger partial charge in [-0.2, -0.15) is 10.1 Å². The molecule has 2 bridgehead atoms. The highest BCUT2D eigenvalue weighted by molar-refractivity contribution is 6.08. The van der Waals surface area contributed by atoms with Gasteiger partial charge in [-0.15, -0.1) is 0 Å². The molecule has 0 unspecified atom stereocenters. The normalized spacial score (nSPS) is 32.4. The highest BCUT2D eigenvalue weighted by Crippen LogP contribution is 2.73. The van der Waals surface area contributed by atoms with E-state index in [4.69, 9.17) is 0 Å². The van der Waals surface area contributed by atoms with Gasteiger partial charge in [0, 0.05) is 5.56 Å². The first-order valence-corrected chi connectivity index (χ1v) is 9.43. The molecule has 0 radical (unpaired) electrons. The Kier molecular flexibility index (Phi) is 2.72. The van der Waals surface area contributed by atoms with Crippen molar-refractivity contribution in [3.8, 4) is 5.75 Å². The maximum atomic E-state index is 13.0. The summed E-state index contributed by atoms with van der Waals surface area (Å²) in [6.45, 7) is 0. The number of benzene rings is 2. The third-order valence-electron chi connectivity index (χ3n) is 7.08. The van der Waals surface area contributed by atoms with E-state index in [1.165, 1.54) is 6.21 Å². The smallest absolute Gasteiger partial charge is 0.254 e. The van der Waals surface area contributed by atoms with E-state index in [9.17, 15) is 14.7 Å². The van der Waals surface area contributed by atoms with Crippen LogP contribution in [0.15, 0.2) is 53.7 Å². The number of hydrogen-bond acceptors (Lipinski definition) is 4. The molecule has 1 heterocycles. The minimum atomic E-state index is -0.256. The quantitative estimate of drug-likeness (QED) is 0.510. The molecule has 5 nitrogen and oxygen atoms in total. The van der Waals surface area contributed by atoms with Crippen LogP contribution in [0.3, 0.4) is 0 Å². The second kappa shape index (κ2) is 4.85. The summed E-state index contributed by atoms with van der Waals surface area (Å²) in [5.74, 6) is -0.435. The SMILES string of the molecule is O=C1[C@@H]2[C@@H](C(=O)N1/N=C\c1c(O)ccc3ccccc13)[C@@H]1C=C[C@H]2C12CC2. The summed E-state index contributed by atoms with van der Waals surface area (Å²) in [5.41, 5.74) is 0.704. The second-order valence-corrected chi connectivity index (χ2v) is 8.17. The van der Waals surface area contributed by atoms with Gasteiger partial charge in [-0.25, -0.2) is 0 Å². The lowest BCUT2D eigenvalue weighted by molar-refractivity contribution is -0.141. The maximum Gasteiger partial charge on any atom is 0.254 e. The van der Waals surface area contributed by atoms with Crippen LogP contribution in [0.5, 0.6) is 5.75 Å². The number of imide groups is 1. The highest BCUT2D eigenvalue weighted by Gasteiger charge is 2.73. The number of allylic oxidation sites excluding steroid dienone is 2. The van der Waals surface area contributed by atoms with Crippen LogP contribution in [-0.2, 0) is 9.59 Å². The topological polar surface area (TPSA) is 70.0 Å². The van der Waals surface area contributed by atoms with Crippen LogP contribution in [0.2, 0.25) is 0 Å². The summed E-state index contributed by atoms with van der Waals surface area (Å²) < 4.78 is 0. The van der Waals surface area contributed by atoms with E-state index >= 15 is 0 Å². The van der Waals surface area contributed by atoms with Crippen LogP contribution < -0.4 is 0 Å². The third kappa shape index (κ3) is 1.77. The Labute approximate surface area is 156 Å². The summed E-state index contributed by atoms with van der Waals surface area (Å²) in [6.07, 6.45) is 7.98. The van der Waals surface area contributed by atoms with Gasteiger partial charge >= 0.3 is 0 Å².